The summed E-state index contributed by atoms with van der Waals surface area (Å²) in [5, 5.41) is 2.73. The lowest BCUT2D eigenvalue weighted by atomic mass is 9.58. The minimum absolute atomic E-state index is 0.0109. The van der Waals surface area contributed by atoms with E-state index in [4.69, 9.17) is 24.0 Å². The number of fused-ring (bicyclic) bond motifs is 2. The van der Waals surface area contributed by atoms with Crippen LogP contribution in [-0.4, -0.2) is 35.8 Å². The lowest BCUT2D eigenvalue weighted by Gasteiger charge is -2.59. The first kappa shape index (κ1) is 24.6. The summed E-state index contributed by atoms with van der Waals surface area (Å²) in [6, 6.07) is 5.88. The Labute approximate surface area is 204 Å². The Morgan fingerprint density at radius 3 is 2.63 bits per heavy atom. The van der Waals surface area contributed by atoms with E-state index < -0.39 is 29.9 Å². The average molecular weight is 492 g/mol. The van der Waals surface area contributed by atoms with Gasteiger partial charge in [0.1, 0.15) is 5.82 Å². The number of carbonyl (C=O) groups is 2. The second-order valence-corrected chi connectivity index (χ2v) is 10.7. The number of halogens is 1. The average Bonchev–Trinajstić information content (AvgIpc) is 3.06. The van der Waals surface area contributed by atoms with Gasteiger partial charge in [-0.15, -0.1) is 0 Å². The molecule has 4 aliphatic heterocycles. The first-order valence-electron chi connectivity index (χ1n) is 12.6. The van der Waals surface area contributed by atoms with E-state index in [9.17, 15) is 14.0 Å². The van der Waals surface area contributed by atoms with Crippen molar-refractivity contribution in [2.75, 3.05) is 0 Å². The Hall–Kier alpha value is -2.07. The number of carbonyl (C=O) groups excluding carboxylic acids is 2. The maximum atomic E-state index is 13.0. The molecule has 35 heavy (non-hydrogen) atoms. The van der Waals surface area contributed by atoms with Crippen LogP contribution in [0.25, 0.3) is 0 Å². The van der Waals surface area contributed by atoms with Gasteiger partial charge >= 0.3 is 5.97 Å². The number of hydrogen-bond acceptors (Lipinski definition) is 7. The Morgan fingerprint density at radius 2 is 1.86 bits per heavy atom. The second-order valence-electron chi connectivity index (χ2n) is 10.7. The summed E-state index contributed by atoms with van der Waals surface area (Å²) >= 11 is 0. The van der Waals surface area contributed by atoms with Crippen LogP contribution in [-0.2, 0) is 40.1 Å². The zero-order chi connectivity index (χ0) is 24.8. The van der Waals surface area contributed by atoms with Gasteiger partial charge in [-0.2, -0.15) is 0 Å². The van der Waals surface area contributed by atoms with Crippen molar-refractivity contribution in [3.63, 3.8) is 0 Å². The Balaban J connectivity index is 1.19. The van der Waals surface area contributed by atoms with Crippen molar-refractivity contribution in [2.24, 2.45) is 23.7 Å². The Bertz CT molecular complexity index is 958. The van der Waals surface area contributed by atoms with E-state index in [2.05, 4.69) is 12.2 Å². The summed E-state index contributed by atoms with van der Waals surface area (Å²) in [6.45, 7) is 6.37. The van der Waals surface area contributed by atoms with Gasteiger partial charge in [0, 0.05) is 31.2 Å². The molecule has 0 radical (unpaired) electrons. The third-order valence-electron chi connectivity index (χ3n) is 8.30. The molecule has 0 aromatic heterocycles. The van der Waals surface area contributed by atoms with Crippen molar-refractivity contribution in [1.82, 2.24) is 5.32 Å². The summed E-state index contributed by atoms with van der Waals surface area (Å²) in [4.78, 5) is 36.7. The van der Waals surface area contributed by atoms with Gasteiger partial charge in [0.15, 0.2) is 11.9 Å². The van der Waals surface area contributed by atoms with Gasteiger partial charge in [-0.3, -0.25) is 9.59 Å². The highest BCUT2D eigenvalue weighted by Crippen LogP contribution is 2.60. The molecule has 1 amide bonds. The molecule has 1 spiro atoms. The molecule has 8 nitrogen and oxygen atoms in total. The van der Waals surface area contributed by atoms with Crippen LogP contribution < -0.4 is 5.32 Å². The lowest BCUT2D eigenvalue weighted by Crippen LogP contribution is -2.70. The van der Waals surface area contributed by atoms with E-state index in [1.54, 1.807) is 12.1 Å². The highest BCUT2D eigenvalue weighted by Gasteiger charge is 2.69. The molecule has 5 aliphatic rings. The maximum Gasteiger partial charge on any atom is 0.308 e. The van der Waals surface area contributed by atoms with Gasteiger partial charge in [-0.05, 0) is 55.7 Å². The minimum atomic E-state index is -0.894. The van der Waals surface area contributed by atoms with Crippen molar-refractivity contribution in [2.45, 2.75) is 89.8 Å². The van der Waals surface area contributed by atoms with Gasteiger partial charge in [-0.25, -0.2) is 14.2 Å². The fourth-order valence-corrected chi connectivity index (χ4v) is 6.30. The van der Waals surface area contributed by atoms with Crippen molar-refractivity contribution in [3.8, 4) is 0 Å². The molecule has 5 fully saturated rings. The quantitative estimate of drug-likeness (QED) is 0.475. The van der Waals surface area contributed by atoms with Crippen molar-refractivity contribution in [1.29, 1.82) is 0 Å². The highest BCUT2D eigenvalue weighted by atomic mass is 19.1. The normalized spacial score (nSPS) is 39.9. The van der Waals surface area contributed by atoms with Crippen LogP contribution in [0.5, 0.6) is 0 Å². The first-order chi connectivity index (χ1) is 16.7. The minimum Gasteiger partial charge on any atom is -0.435 e. The van der Waals surface area contributed by atoms with E-state index in [1.807, 2.05) is 13.8 Å². The van der Waals surface area contributed by atoms with Gasteiger partial charge < -0.3 is 19.5 Å². The Morgan fingerprint density at radius 1 is 1.09 bits per heavy atom. The molecule has 8 atom stereocenters. The zero-order valence-corrected chi connectivity index (χ0v) is 20.5. The molecule has 1 N–H and O–H groups in total. The van der Waals surface area contributed by atoms with E-state index in [-0.39, 0.29) is 48.9 Å². The van der Waals surface area contributed by atoms with Crippen molar-refractivity contribution in [3.05, 3.63) is 35.6 Å². The van der Waals surface area contributed by atoms with E-state index in [1.165, 1.54) is 12.1 Å². The molecular formula is C26H34FNO7. The third kappa shape index (κ3) is 4.59. The molecule has 2 bridgehead atoms. The summed E-state index contributed by atoms with van der Waals surface area (Å²) in [6.07, 6.45) is 2.05. The molecule has 6 rings (SSSR count). The molecule has 4 saturated heterocycles. The molecule has 9 heteroatoms. The lowest BCUT2D eigenvalue weighted by molar-refractivity contribution is -0.576. The summed E-state index contributed by atoms with van der Waals surface area (Å²) in [5.74, 6) is -1.39. The number of ether oxygens (including phenoxy) is 3. The fraction of sp³-hybridized carbons (Fsp3) is 0.692. The molecule has 4 heterocycles. The van der Waals surface area contributed by atoms with Crippen LogP contribution >= 0.6 is 0 Å². The zero-order valence-electron chi connectivity index (χ0n) is 20.5. The van der Waals surface area contributed by atoms with Crippen LogP contribution in [0.3, 0.4) is 0 Å². The molecule has 1 aromatic carbocycles. The maximum absolute atomic E-state index is 13.0. The largest absolute Gasteiger partial charge is 0.435 e. The van der Waals surface area contributed by atoms with Crippen LogP contribution in [0.1, 0.15) is 64.9 Å². The SMILES string of the molecule is C[C@H]1[C@H](OC(=O)CCC(=O)NCc2ccc(F)cc2)O[C@@H]2O[C@@]3(C)CC[C@H]4[C@H](C)CC[C@@H]1[C@@]24OO3. The van der Waals surface area contributed by atoms with Crippen molar-refractivity contribution < 1.29 is 38.0 Å². The molecule has 0 unspecified atom stereocenters. The number of benzene rings is 1. The molecule has 1 saturated carbocycles. The van der Waals surface area contributed by atoms with Gasteiger partial charge in [0.2, 0.25) is 18.0 Å². The molecule has 1 aromatic rings. The summed E-state index contributed by atoms with van der Waals surface area (Å²) in [5.41, 5.74) is 0.0642. The predicted molar refractivity (Wildman–Crippen MR) is 120 cm³/mol. The summed E-state index contributed by atoms with van der Waals surface area (Å²) < 4.78 is 31.2. The van der Waals surface area contributed by atoms with Gasteiger partial charge in [0.25, 0.3) is 0 Å². The standard InChI is InChI=1S/C26H34FNO7/c1-15-4-9-20-16(2)23(32-24-26(20)19(15)12-13-25(3,33-24)34-35-26)31-22(30)11-10-21(29)28-14-17-5-7-18(27)8-6-17/h5-8,15-16,19-20,23-24H,4,9-14H2,1-3H3,(H,28,29)/t15-,16-,19+,20+,23-,24-,25-,26-/m1/s1. The number of nitrogens with one attached hydrogen (secondary N) is 1. The fourth-order valence-electron chi connectivity index (χ4n) is 6.30. The van der Waals surface area contributed by atoms with Crippen LogP contribution in [0.15, 0.2) is 24.3 Å². The number of esters is 1. The number of hydrogen-bond donors (Lipinski definition) is 1. The number of amides is 1. The first-order valence-corrected chi connectivity index (χ1v) is 12.6. The molecule has 1 aliphatic carbocycles. The van der Waals surface area contributed by atoms with Crippen LogP contribution in [0.2, 0.25) is 0 Å². The topological polar surface area (TPSA) is 92.3 Å². The highest BCUT2D eigenvalue weighted by molar-refractivity contribution is 5.81. The monoisotopic (exact) mass is 491 g/mol. The third-order valence-corrected chi connectivity index (χ3v) is 8.30. The molecule has 192 valence electrons. The Kier molecular flexibility index (Phi) is 6.63. The van der Waals surface area contributed by atoms with Crippen LogP contribution in [0, 0.1) is 29.5 Å². The van der Waals surface area contributed by atoms with E-state index in [0.717, 1.165) is 24.8 Å². The predicted octanol–water partition coefficient (Wildman–Crippen LogP) is 3.97. The number of rotatable bonds is 6. The van der Waals surface area contributed by atoms with Crippen molar-refractivity contribution >= 4 is 11.9 Å². The second kappa shape index (κ2) is 9.42. The van der Waals surface area contributed by atoms with Gasteiger partial charge in [0.05, 0.1) is 6.42 Å². The van der Waals surface area contributed by atoms with Gasteiger partial charge in [-0.1, -0.05) is 26.0 Å². The van der Waals surface area contributed by atoms with Crippen LogP contribution in [0.4, 0.5) is 4.39 Å². The molecular weight excluding hydrogens is 457 g/mol. The van der Waals surface area contributed by atoms with E-state index >= 15 is 0 Å². The summed E-state index contributed by atoms with van der Waals surface area (Å²) in [7, 11) is 0. The smallest absolute Gasteiger partial charge is 0.308 e. The van der Waals surface area contributed by atoms with E-state index in [0.29, 0.717) is 12.3 Å².